The molecule has 0 aliphatic carbocycles. The second-order valence-corrected chi connectivity index (χ2v) is 6.87. The molecular weight excluding hydrogens is 338 g/mol. The van der Waals surface area contributed by atoms with E-state index in [1.54, 1.807) is 0 Å². The number of rotatable bonds is 7. The minimum atomic E-state index is -0.0837. The first kappa shape index (κ1) is 18.9. The van der Waals surface area contributed by atoms with Crippen molar-refractivity contribution in [3.63, 3.8) is 0 Å². The number of aromatic nitrogens is 2. The van der Waals surface area contributed by atoms with E-state index >= 15 is 0 Å². The van der Waals surface area contributed by atoms with Gasteiger partial charge in [0.05, 0.1) is 5.69 Å². The summed E-state index contributed by atoms with van der Waals surface area (Å²) < 4.78 is 0. The third-order valence-corrected chi connectivity index (χ3v) is 4.49. The quantitative estimate of drug-likeness (QED) is 0.603. The average molecular weight is 363 g/mol. The molecule has 0 radical (unpaired) electrons. The number of aliphatic hydroxyl groups is 1. The number of aliphatic hydroxyl groups excluding tert-OH is 1. The Hall–Kier alpha value is -2.92. The SMILES string of the molecule is Cc1cc(CC(C)NC(=O)c2ccc(-c3ccc(CCO)cc3)cc2)n[nH]1. The van der Waals surface area contributed by atoms with Gasteiger partial charge in [-0.1, -0.05) is 36.4 Å². The fraction of sp³-hybridized carbons (Fsp3) is 0.273. The van der Waals surface area contributed by atoms with Crippen molar-refractivity contribution in [2.24, 2.45) is 0 Å². The summed E-state index contributed by atoms with van der Waals surface area (Å²) in [7, 11) is 0. The molecule has 140 valence electrons. The Morgan fingerprint density at radius 1 is 1.11 bits per heavy atom. The summed E-state index contributed by atoms with van der Waals surface area (Å²) in [4.78, 5) is 12.5. The molecule has 1 atom stereocenters. The molecule has 0 aliphatic rings. The number of carbonyl (C=O) groups excluding carboxylic acids is 1. The van der Waals surface area contributed by atoms with Crippen molar-refractivity contribution >= 4 is 5.91 Å². The lowest BCUT2D eigenvalue weighted by atomic mass is 10.0. The summed E-state index contributed by atoms with van der Waals surface area (Å²) in [6.45, 7) is 4.09. The Morgan fingerprint density at radius 3 is 2.30 bits per heavy atom. The molecular formula is C22H25N3O2. The van der Waals surface area contributed by atoms with Crippen molar-refractivity contribution in [3.8, 4) is 11.1 Å². The molecule has 3 aromatic rings. The van der Waals surface area contributed by atoms with E-state index in [2.05, 4.69) is 15.5 Å². The van der Waals surface area contributed by atoms with Crippen LogP contribution in [0.4, 0.5) is 0 Å². The Labute approximate surface area is 159 Å². The predicted octanol–water partition coefficient (Wildman–Crippen LogP) is 3.28. The van der Waals surface area contributed by atoms with Gasteiger partial charge < -0.3 is 10.4 Å². The topological polar surface area (TPSA) is 78.0 Å². The van der Waals surface area contributed by atoms with Crippen LogP contribution in [0.1, 0.15) is 34.2 Å². The normalized spacial score (nSPS) is 12.0. The summed E-state index contributed by atoms with van der Waals surface area (Å²) in [6.07, 6.45) is 1.35. The monoisotopic (exact) mass is 363 g/mol. The third-order valence-electron chi connectivity index (χ3n) is 4.49. The molecule has 1 unspecified atom stereocenters. The molecule has 0 bridgehead atoms. The van der Waals surface area contributed by atoms with Gasteiger partial charge in [0.1, 0.15) is 0 Å². The molecule has 1 amide bonds. The smallest absolute Gasteiger partial charge is 0.251 e. The van der Waals surface area contributed by atoms with Gasteiger partial charge in [-0.05, 0) is 55.2 Å². The molecule has 0 aliphatic heterocycles. The number of aromatic amines is 1. The zero-order chi connectivity index (χ0) is 19.2. The van der Waals surface area contributed by atoms with Gasteiger partial charge in [0.15, 0.2) is 0 Å². The van der Waals surface area contributed by atoms with Crippen LogP contribution in [0, 0.1) is 6.92 Å². The number of aryl methyl sites for hydroxylation is 1. The molecule has 1 aromatic heterocycles. The minimum absolute atomic E-state index is 0.000976. The number of carbonyl (C=O) groups is 1. The summed E-state index contributed by atoms with van der Waals surface area (Å²) in [5.74, 6) is -0.0837. The standard InChI is InChI=1S/C22H25N3O2/c1-15(13-21-14-16(2)24-25-21)23-22(27)20-9-7-19(8-10-20)18-5-3-17(4-6-18)11-12-26/h3-10,14-15,26H,11-13H2,1-2H3,(H,23,27)(H,24,25). The van der Waals surface area contributed by atoms with Gasteiger partial charge in [0.25, 0.3) is 5.91 Å². The van der Waals surface area contributed by atoms with E-state index in [9.17, 15) is 4.79 Å². The van der Waals surface area contributed by atoms with Gasteiger partial charge in [-0.2, -0.15) is 5.10 Å². The maximum absolute atomic E-state index is 12.5. The molecule has 2 aromatic carbocycles. The molecule has 27 heavy (non-hydrogen) atoms. The second-order valence-electron chi connectivity index (χ2n) is 6.87. The first-order valence-electron chi connectivity index (χ1n) is 9.17. The highest BCUT2D eigenvalue weighted by molar-refractivity contribution is 5.94. The van der Waals surface area contributed by atoms with E-state index in [1.165, 1.54) is 0 Å². The van der Waals surface area contributed by atoms with Crippen molar-refractivity contribution in [1.29, 1.82) is 0 Å². The molecule has 5 nitrogen and oxygen atoms in total. The van der Waals surface area contributed by atoms with Crippen LogP contribution < -0.4 is 5.32 Å². The Kier molecular flexibility index (Phi) is 6.04. The van der Waals surface area contributed by atoms with Gasteiger partial charge in [0, 0.05) is 30.3 Å². The van der Waals surface area contributed by atoms with Gasteiger partial charge in [-0.3, -0.25) is 9.89 Å². The van der Waals surface area contributed by atoms with Crippen LogP contribution in [-0.4, -0.2) is 33.9 Å². The first-order chi connectivity index (χ1) is 13.0. The lowest BCUT2D eigenvalue weighted by Gasteiger charge is -2.13. The van der Waals surface area contributed by atoms with Gasteiger partial charge >= 0.3 is 0 Å². The number of nitrogens with one attached hydrogen (secondary N) is 2. The van der Waals surface area contributed by atoms with Gasteiger partial charge in [-0.15, -0.1) is 0 Å². The molecule has 1 heterocycles. The highest BCUT2D eigenvalue weighted by Crippen LogP contribution is 2.20. The number of hydrogen-bond acceptors (Lipinski definition) is 3. The zero-order valence-corrected chi connectivity index (χ0v) is 15.7. The van der Waals surface area contributed by atoms with Gasteiger partial charge in [0.2, 0.25) is 0 Å². The van der Waals surface area contributed by atoms with Crippen LogP contribution in [0.15, 0.2) is 54.6 Å². The van der Waals surface area contributed by atoms with E-state index in [1.807, 2.05) is 68.4 Å². The van der Waals surface area contributed by atoms with Crippen LogP contribution in [0.25, 0.3) is 11.1 Å². The number of amides is 1. The number of nitrogens with zero attached hydrogens (tertiary/aromatic N) is 1. The molecule has 5 heteroatoms. The van der Waals surface area contributed by atoms with Crippen LogP contribution >= 0.6 is 0 Å². The molecule has 0 saturated carbocycles. The summed E-state index contributed by atoms with van der Waals surface area (Å²) in [5.41, 5.74) is 5.86. The molecule has 0 fully saturated rings. The Morgan fingerprint density at radius 2 is 1.74 bits per heavy atom. The van der Waals surface area contributed by atoms with E-state index < -0.39 is 0 Å². The molecule has 0 spiro atoms. The summed E-state index contributed by atoms with van der Waals surface area (Å²) in [6, 6.07) is 17.7. The maximum atomic E-state index is 12.5. The van der Waals surface area contributed by atoms with Crippen molar-refractivity contribution < 1.29 is 9.90 Å². The van der Waals surface area contributed by atoms with Gasteiger partial charge in [-0.25, -0.2) is 0 Å². The van der Waals surface area contributed by atoms with E-state index in [0.29, 0.717) is 18.4 Å². The third kappa shape index (κ3) is 5.05. The average Bonchev–Trinajstić information content (AvgIpc) is 3.07. The number of H-pyrrole nitrogens is 1. The van der Waals surface area contributed by atoms with E-state index in [0.717, 1.165) is 28.1 Å². The number of hydrogen-bond donors (Lipinski definition) is 3. The van der Waals surface area contributed by atoms with Crippen LogP contribution in [0.5, 0.6) is 0 Å². The summed E-state index contributed by atoms with van der Waals surface area (Å²) in [5, 5.41) is 19.1. The predicted molar refractivity (Wildman–Crippen MR) is 107 cm³/mol. The Bertz CT molecular complexity index is 883. The minimum Gasteiger partial charge on any atom is -0.396 e. The molecule has 0 saturated heterocycles. The van der Waals surface area contributed by atoms with Crippen LogP contribution in [-0.2, 0) is 12.8 Å². The second kappa shape index (κ2) is 8.64. The maximum Gasteiger partial charge on any atom is 0.251 e. The first-order valence-corrected chi connectivity index (χ1v) is 9.17. The number of benzene rings is 2. The van der Waals surface area contributed by atoms with E-state index in [4.69, 9.17) is 5.11 Å². The van der Waals surface area contributed by atoms with Crippen LogP contribution in [0.3, 0.4) is 0 Å². The van der Waals surface area contributed by atoms with E-state index in [-0.39, 0.29) is 18.6 Å². The van der Waals surface area contributed by atoms with Crippen LogP contribution in [0.2, 0.25) is 0 Å². The fourth-order valence-corrected chi connectivity index (χ4v) is 3.06. The van der Waals surface area contributed by atoms with Crippen molar-refractivity contribution in [2.75, 3.05) is 6.61 Å². The summed E-state index contributed by atoms with van der Waals surface area (Å²) >= 11 is 0. The highest BCUT2D eigenvalue weighted by Gasteiger charge is 2.12. The highest BCUT2D eigenvalue weighted by atomic mass is 16.3. The van der Waals surface area contributed by atoms with Crippen molar-refractivity contribution in [1.82, 2.24) is 15.5 Å². The Balaban J connectivity index is 1.61. The van der Waals surface area contributed by atoms with Crippen molar-refractivity contribution in [2.45, 2.75) is 32.7 Å². The fourth-order valence-electron chi connectivity index (χ4n) is 3.06. The lowest BCUT2D eigenvalue weighted by Crippen LogP contribution is -2.34. The molecule has 3 rings (SSSR count). The largest absolute Gasteiger partial charge is 0.396 e. The van der Waals surface area contributed by atoms with Crippen molar-refractivity contribution in [3.05, 3.63) is 77.1 Å². The zero-order valence-electron chi connectivity index (χ0n) is 15.7. The lowest BCUT2D eigenvalue weighted by molar-refractivity contribution is 0.0940. The molecule has 3 N–H and O–H groups in total.